The highest BCUT2D eigenvalue weighted by Crippen LogP contribution is 2.30. The van der Waals surface area contributed by atoms with Crippen LogP contribution in [0.2, 0.25) is 0 Å². The van der Waals surface area contributed by atoms with Gasteiger partial charge in [-0.25, -0.2) is 8.42 Å². The second kappa shape index (κ2) is 8.53. The molecule has 3 N–H and O–H groups in total. The fraction of sp³-hybridized carbons (Fsp3) is 0.250. The second-order valence-electron chi connectivity index (χ2n) is 8.39. The predicted octanol–water partition coefficient (Wildman–Crippen LogP) is 3.20. The van der Waals surface area contributed by atoms with Crippen LogP contribution in [0.1, 0.15) is 32.2 Å². The molecule has 0 fully saturated rings. The highest BCUT2D eigenvalue weighted by molar-refractivity contribution is 7.89. The van der Waals surface area contributed by atoms with Crippen molar-refractivity contribution in [1.82, 2.24) is 19.2 Å². The average Bonchev–Trinajstić information content (AvgIpc) is 3.43. The van der Waals surface area contributed by atoms with Crippen LogP contribution in [0.15, 0.2) is 52.9 Å². The molecule has 176 valence electrons. The zero-order chi connectivity index (χ0) is 24.0. The van der Waals surface area contributed by atoms with Crippen molar-refractivity contribution >= 4 is 43.9 Å². The normalized spacial score (nSPS) is 14.3. The smallest absolute Gasteiger partial charge is 0.268 e. The lowest BCUT2D eigenvalue weighted by Gasteiger charge is -2.26. The van der Waals surface area contributed by atoms with Gasteiger partial charge in [0.1, 0.15) is 10.6 Å². The van der Waals surface area contributed by atoms with Crippen molar-refractivity contribution in [3.05, 3.63) is 75.4 Å². The summed E-state index contributed by atoms with van der Waals surface area (Å²) in [6.07, 6.45) is 2.38. The van der Waals surface area contributed by atoms with Crippen molar-refractivity contribution in [3.8, 4) is 0 Å². The summed E-state index contributed by atoms with van der Waals surface area (Å²) in [4.78, 5) is 18.8. The molecule has 1 aromatic carbocycles. The third-order valence-electron chi connectivity index (χ3n) is 6.44. The van der Waals surface area contributed by atoms with Crippen LogP contribution in [0.5, 0.6) is 0 Å². The first-order valence-corrected chi connectivity index (χ1v) is 13.2. The number of nitrogens with two attached hydrogens (primary N) is 1. The SMILES string of the molecule is Cc1c(S(=O)(=O)N2CCc3sccc3C2)cc(C(=O)NCc2ccc(N)c3ncccc23)n1C. The zero-order valence-corrected chi connectivity index (χ0v) is 20.5. The standard InChI is InChI=1S/C24H25N5O3S2/c1-15-22(34(31,32)29-10-7-21-17(14-29)8-11-33-21)12-20(28(15)2)24(30)27-13-16-5-6-19(25)23-18(16)4-3-9-26-23/h3-6,8-9,11-12H,7,10,13-14,25H2,1-2H3,(H,27,30). The van der Waals surface area contributed by atoms with Crippen LogP contribution >= 0.6 is 11.3 Å². The molecule has 34 heavy (non-hydrogen) atoms. The quantitative estimate of drug-likeness (QED) is 0.413. The number of nitrogen functional groups attached to an aromatic ring is 1. The minimum atomic E-state index is -3.73. The molecule has 0 aliphatic carbocycles. The first-order valence-electron chi connectivity index (χ1n) is 10.9. The summed E-state index contributed by atoms with van der Waals surface area (Å²) >= 11 is 1.66. The molecule has 1 aliphatic rings. The summed E-state index contributed by atoms with van der Waals surface area (Å²) in [5.41, 5.74) is 10.0. The van der Waals surface area contributed by atoms with Gasteiger partial charge in [0, 0.05) is 48.8 Å². The van der Waals surface area contributed by atoms with E-state index in [2.05, 4.69) is 10.3 Å². The molecule has 0 bridgehead atoms. The van der Waals surface area contributed by atoms with Crippen LogP contribution in [0.25, 0.3) is 10.9 Å². The van der Waals surface area contributed by atoms with Gasteiger partial charge >= 0.3 is 0 Å². The Kier molecular flexibility index (Phi) is 5.67. The van der Waals surface area contributed by atoms with Gasteiger partial charge in [0.25, 0.3) is 5.91 Å². The van der Waals surface area contributed by atoms with Gasteiger partial charge in [-0.15, -0.1) is 11.3 Å². The fourth-order valence-electron chi connectivity index (χ4n) is 4.39. The molecule has 4 aromatic rings. The zero-order valence-electron chi connectivity index (χ0n) is 18.9. The lowest BCUT2D eigenvalue weighted by Crippen LogP contribution is -2.35. The molecular weight excluding hydrogens is 470 g/mol. The monoisotopic (exact) mass is 495 g/mol. The highest BCUT2D eigenvalue weighted by atomic mass is 32.2. The van der Waals surface area contributed by atoms with Gasteiger partial charge in [-0.2, -0.15) is 4.31 Å². The molecule has 10 heteroatoms. The number of benzene rings is 1. The van der Waals surface area contributed by atoms with E-state index in [0.29, 0.717) is 42.1 Å². The van der Waals surface area contributed by atoms with Crippen molar-refractivity contribution in [2.45, 2.75) is 31.3 Å². The second-order valence-corrected chi connectivity index (χ2v) is 11.3. The number of carbonyl (C=O) groups is 1. The Bertz CT molecular complexity index is 1520. The number of carbonyl (C=O) groups excluding carboxylic acids is 1. The number of sulfonamides is 1. The number of rotatable bonds is 5. The van der Waals surface area contributed by atoms with E-state index in [9.17, 15) is 13.2 Å². The fourth-order valence-corrected chi connectivity index (χ4v) is 6.97. The van der Waals surface area contributed by atoms with Crippen molar-refractivity contribution in [3.63, 3.8) is 0 Å². The largest absolute Gasteiger partial charge is 0.397 e. The predicted molar refractivity (Wildman–Crippen MR) is 133 cm³/mol. The van der Waals surface area contributed by atoms with E-state index >= 15 is 0 Å². The first kappa shape index (κ1) is 22.6. The van der Waals surface area contributed by atoms with Gasteiger partial charge in [-0.3, -0.25) is 9.78 Å². The Morgan fingerprint density at radius 2 is 2.09 bits per heavy atom. The number of fused-ring (bicyclic) bond motifs is 2. The lowest BCUT2D eigenvalue weighted by atomic mass is 10.1. The molecule has 4 heterocycles. The van der Waals surface area contributed by atoms with Gasteiger partial charge in [0.05, 0.1) is 11.2 Å². The maximum Gasteiger partial charge on any atom is 0.268 e. The Hall–Kier alpha value is -3.21. The van der Waals surface area contributed by atoms with Gasteiger partial charge < -0.3 is 15.6 Å². The molecule has 1 amide bonds. The Labute approximate surface area is 202 Å². The number of thiophene rings is 1. The molecule has 0 unspecified atom stereocenters. The average molecular weight is 496 g/mol. The van der Waals surface area contributed by atoms with Gasteiger partial charge in [-0.1, -0.05) is 12.1 Å². The molecule has 3 aromatic heterocycles. The minimum absolute atomic E-state index is 0.168. The minimum Gasteiger partial charge on any atom is -0.397 e. The molecule has 1 aliphatic heterocycles. The maximum atomic E-state index is 13.5. The third-order valence-corrected chi connectivity index (χ3v) is 9.43. The number of anilines is 1. The Morgan fingerprint density at radius 1 is 1.26 bits per heavy atom. The number of aromatic nitrogens is 2. The van der Waals surface area contributed by atoms with Crippen molar-refractivity contribution in [2.75, 3.05) is 12.3 Å². The van der Waals surface area contributed by atoms with E-state index in [1.165, 1.54) is 15.2 Å². The highest BCUT2D eigenvalue weighted by Gasteiger charge is 2.32. The molecule has 0 spiro atoms. The molecule has 5 rings (SSSR count). The number of hydrogen-bond donors (Lipinski definition) is 2. The molecule has 0 radical (unpaired) electrons. The Balaban J connectivity index is 1.39. The number of pyridine rings is 1. The summed E-state index contributed by atoms with van der Waals surface area (Å²) in [5.74, 6) is -0.348. The van der Waals surface area contributed by atoms with Gasteiger partial charge in [-0.05, 0) is 54.1 Å². The van der Waals surface area contributed by atoms with Gasteiger partial charge in [0.15, 0.2) is 0 Å². The molecule has 0 saturated heterocycles. The van der Waals surface area contributed by atoms with Crippen LogP contribution in [0.3, 0.4) is 0 Å². The number of nitrogens with zero attached hydrogens (tertiary/aromatic N) is 3. The summed E-state index contributed by atoms with van der Waals surface area (Å²) in [6, 6.07) is 10.8. The van der Waals surface area contributed by atoms with Crippen molar-refractivity contribution in [1.29, 1.82) is 0 Å². The number of hydrogen-bond acceptors (Lipinski definition) is 6. The van der Waals surface area contributed by atoms with Crippen molar-refractivity contribution in [2.24, 2.45) is 7.05 Å². The molecule has 0 saturated carbocycles. The molecule has 0 atom stereocenters. The number of amides is 1. The van der Waals surface area contributed by atoms with E-state index in [1.807, 2.05) is 29.6 Å². The summed E-state index contributed by atoms with van der Waals surface area (Å²) in [6.45, 7) is 2.78. The lowest BCUT2D eigenvalue weighted by molar-refractivity contribution is 0.0942. The van der Waals surface area contributed by atoms with Crippen LogP contribution < -0.4 is 11.1 Å². The third kappa shape index (κ3) is 3.77. The van der Waals surface area contributed by atoms with Crippen molar-refractivity contribution < 1.29 is 13.2 Å². The van der Waals surface area contributed by atoms with E-state index in [0.717, 1.165) is 16.5 Å². The van der Waals surface area contributed by atoms with E-state index in [1.54, 1.807) is 42.1 Å². The maximum absolute atomic E-state index is 13.5. The van der Waals surface area contributed by atoms with Gasteiger partial charge in [0.2, 0.25) is 10.0 Å². The summed E-state index contributed by atoms with van der Waals surface area (Å²) in [7, 11) is -2.03. The number of nitrogens with one attached hydrogen (secondary N) is 1. The van der Waals surface area contributed by atoms with Crippen LogP contribution in [0.4, 0.5) is 5.69 Å². The Morgan fingerprint density at radius 3 is 2.91 bits per heavy atom. The summed E-state index contributed by atoms with van der Waals surface area (Å²) in [5, 5.41) is 5.78. The summed E-state index contributed by atoms with van der Waals surface area (Å²) < 4.78 is 30.0. The van der Waals surface area contributed by atoms with E-state index in [-0.39, 0.29) is 17.3 Å². The first-order chi connectivity index (χ1) is 16.3. The van der Waals surface area contributed by atoms with E-state index < -0.39 is 10.0 Å². The molecular formula is C24H25N5O3S2. The van der Waals surface area contributed by atoms with Crippen LogP contribution in [0, 0.1) is 6.92 Å². The van der Waals surface area contributed by atoms with Crippen LogP contribution in [-0.4, -0.2) is 34.7 Å². The van der Waals surface area contributed by atoms with E-state index in [4.69, 9.17) is 5.73 Å². The topological polar surface area (TPSA) is 110 Å². The molecule has 8 nitrogen and oxygen atoms in total. The van der Waals surface area contributed by atoms with Crippen LogP contribution in [-0.2, 0) is 36.6 Å².